The van der Waals surface area contributed by atoms with Gasteiger partial charge >= 0.3 is 5.97 Å². The zero-order valence-electron chi connectivity index (χ0n) is 15.9. The first-order valence-electron chi connectivity index (χ1n) is 8.76. The summed E-state index contributed by atoms with van der Waals surface area (Å²) >= 11 is 0. The summed E-state index contributed by atoms with van der Waals surface area (Å²) in [5.41, 5.74) is 1.59. The number of esters is 1. The second-order valence-corrected chi connectivity index (χ2v) is 6.14. The Hall–Kier alpha value is -3.02. The molecule has 6 nitrogen and oxygen atoms in total. The summed E-state index contributed by atoms with van der Waals surface area (Å²) in [6.07, 6.45) is 1.73. The number of hydrogen-bond donors (Lipinski definition) is 1. The maximum Gasteiger partial charge on any atom is 0.337 e. The van der Waals surface area contributed by atoms with Crippen molar-refractivity contribution in [1.82, 2.24) is 5.32 Å². The minimum absolute atomic E-state index is 0.0323. The van der Waals surface area contributed by atoms with E-state index in [9.17, 15) is 9.59 Å². The van der Waals surface area contributed by atoms with Crippen LogP contribution in [0.1, 0.15) is 29.3 Å². The highest BCUT2D eigenvalue weighted by Crippen LogP contribution is 2.28. The number of rotatable bonds is 9. The van der Waals surface area contributed by atoms with E-state index in [1.54, 1.807) is 12.1 Å². The molecule has 0 bridgehead atoms. The summed E-state index contributed by atoms with van der Waals surface area (Å²) in [6, 6.07) is 14.8. The van der Waals surface area contributed by atoms with Gasteiger partial charge in [0.15, 0.2) is 18.1 Å². The number of nitrogens with one attached hydrogen (secondary N) is 1. The summed E-state index contributed by atoms with van der Waals surface area (Å²) in [4.78, 5) is 23.7. The number of ether oxygens (including phenoxy) is 3. The van der Waals surface area contributed by atoms with Gasteiger partial charge in [0, 0.05) is 6.04 Å². The average molecular weight is 371 g/mol. The molecule has 0 aliphatic heterocycles. The molecular formula is C21H25NO5. The van der Waals surface area contributed by atoms with Crippen molar-refractivity contribution in [2.75, 3.05) is 20.8 Å². The van der Waals surface area contributed by atoms with Crippen LogP contribution < -0.4 is 14.8 Å². The third kappa shape index (κ3) is 6.33. The quantitative estimate of drug-likeness (QED) is 0.686. The summed E-state index contributed by atoms with van der Waals surface area (Å²) in [5.74, 6) is 0.0690. The molecule has 0 saturated heterocycles. The van der Waals surface area contributed by atoms with Gasteiger partial charge in [-0.05, 0) is 43.5 Å². The van der Waals surface area contributed by atoms with E-state index >= 15 is 0 Å². The van der Waals surface area contributed by atoms with Crippen molar-refractivity contribution in [1.29, 1.82) is 0 Å². The molecule has 6 heteroatoms. The Morgan fingerprint density at radius 2 is 1.78 bits per heavy atom. The first-order chi connectivity index (χ1) is 13.0. The molecular weight excluding hydrogens is 346 g/mol. The van der Waals surface area contributed by atoms with Crippen molar-refractivity contribution in [3.63, 3.8) is 0 Å². The zero-order chi connectivity index (χ0) is 19.6. The van der Waals surface area contributed by atoms with Crippen molar-refractivity contribution >= 4 is 11.9 Å². The van der Waals surface area contributed by atoms with Crippen LogP contribution in [0.2, 0.25) is 0 Å². The number of methoxy groups -OCH3 is 2. The topological polar surface area (TPSA) is 73.9 Å². The van der Waals surface area contributed by atoms with Crippen LogP contribution in [0, 0.1) is 0 Å². The molecule has 27 heavy (non-hydrogen) atoms. The first kappa shape index (κ1) is 20.3. The maximum atomic E-state index is 12.1. The minimum Gasteiger partial charge on any atom is -0.493 e. The maximum absolute atomic E-state index is 12.1. The third-order valence-corrected chi connectivity index (χ3v) is 4.06. The fraction of sp³-hybridized carbons (Fsp3) is 0.333. The fourth-order valence-electron chi connectivity index (χ4n) is 2.59. The standard InChI is InChI=1S/C21H25NO5/c1-15(9-10-16-7-5-4-6-8-16)22-20(23)14-27-18-12-11-17(21(24)26-3)13-19(18)25-2/h4-8,11-13,15H,9-10,14H2,1-3H3,(H,22,23)/t15-/m0/s1. The Bertz CT molecular complexity index is 760. The van der Waals surface area contributed by atoms with E-state index in [0.29, 0.717) is 17.1 Å². The second kappa shape index (κ2) is 10.2. The van der Waals surface area contributed by atoms with Gasteiger partial charge in [-0.3, -0.25) is 4.79 Å². The normalized spacial score (nSPS) is 11.4. The largest absolute Gasteiger partial charge is 0.493 e. The van der Waals surface area contributed by atoms with Crippen molar-refractivity contribution in [2.24, 2.45) is 0 Å². The Balaban J connectivity index is 1.83. The Labute approximate surface area is 159 Å². The summed E-state index contributed by atoms with van der Waals surface area (Å²) in [6.45, 7) is 1.83. The summed E-state index contributed by atoms with van der Waals surface area (Å²) in [7, 11) is 2.78. The van der Waals surface area contributed by atoms with E-state index in [1.165, 1.54) is 25.8 Å². The summed E-state index contributed by atoms with van der Waals surface area (Å²) < 4.78 is 15.4. The molecule has 0 aromatic heterocycles. The van der Waals surface area contributed by atoms with E-state index < -0.39 is 5.97 Å². The molecule has 0 aliphatic carbocycles. The zero-order valence-corrected chi connectivity index (χ0v) is 15.9. The highest BCUT2D eigenvalue weighted by molar-refractivity contribution is 5.90. The monoisotopic (exact) mass is 371 g/mol. The molecule has 2 rings (SSSR count). The third-order valence-electron chi connectivity index (χ3n) is 4.06. The van der Waals surface area contributed by atoms with Gasteiger partial charge in [-0.25, -0.2) is 4.79 Å². The lowest BCUT2D eigenvalue weighted by atomic mass is 10.1. The number of carbonyl (C=O) groups excluding carboxylic acids is 2. The molecule has 0 radical (unpaired) electrons. The van der Waals surface area contributed by atoms with E-state index in [2.05, 4.69) is 22.2 Å². The number of aryl methyl sites for hydroxylation is 1. The van der Waals surface area contributed by atoms with Crippen LogP contribution in [0.5, 0.6) is 11.5 Å². The van der Waals surface area contributed by atoms with Crippen molar-refractivity contribution in [3.05, 3.63) is 59.7 Å². The molecule has 0 spiro atoms. The van der Waals surface area contributed by atoms with Crippen molar-refractivity contribution < 1.29 is 23.8 Å². The summed E-state index contributed by atoms with van der Waals surface area (Å²) in [5, 5.41) is 2.92. The molecule has 2 aromatic carbocycles. The van der Waals surface area contributed by atoms with Crippen LogP contribution in [0.25, 0.3) is 0 Å². The van der Waals surface area contributed by atoms with Gasteiger partial charge in [-0.2, -0.15) is 0 Å². The number of hydrogen-bond acceptors (Lipinski definition) is 5. The Kier molecular flexibility index (Phi) is 7.67. The highest BCUT2D eigenvalue weighted by atomic mass is 16.5. The van der Waals surface area contributed by atoms with Gasteiger partial charge in [-0.15, -0.1) is 0 Å². The van der Waals surface area contributed by atoms with Gasteiger partial charge < -0.3 is 19.5 Å². The minimum atomic E-state index is -0.468. The molecule has 1 amide bonds. The molecule has 0 heterocycles. The number of carbonyl (C=O) groups is 2. The Morgan fingerprint density at radius 3 is 2.44 bits per heavy atom. The van der Waals surface area contributed by atoms with E-state index in [1.807, 2.05) is 25.1 Å². The van der Waals surface area contributed by atoms with Crippen LogP contribution in [0.15, 0.2) is 48.5 Å². The van der Waals surface area contributed by atoms with E-state index in [0.717, 1.165) is 12.8 Å². The lowest BCUT2D eigenvalue weighted by Crippen LogP contribution is -2.36. The van der Waals surface area contributed by atoms with Gasteiger partial charge in [-0.1, -0.05) is 30.3 Å². The van der Waals surface area contributed by atoms with E-state index in [4.69, 9.17) is 9.47 Å². The van der Waals surface area contributed by atoms with Crippen LogP contribution in [0.4, 0.5) is 0 Å². The lowest BCUT2D eigenvalue weighted by Gasteiger charge is -2.15. The van der Waals surface area contributed by atoms with Gasteiger partial charge in [0.1, 0.15) is 0 Å². The van der Waals surface area contributed by atoms with Crippen LogP contribution >= 0.6 is 0 Å². The predicted molar refractivity (Wildman–Crippen MR) is 102 cm³/mol. The molecule has 0 fully saturated rings. The van der Waals surface area contributed by atoms with Gasteiger partial charge in [0.05, 0.1) is 19.8 Å². The number of benzene rings is 2. The predicted octanol–water partition coefficient (Wildman–Crippen LogP) is 3.00. The molecule has 0 aliphatic rings. The molecule has 0 saturated carbocycles. The van der Waals surface area contributed by atoms with Crippen LogP contribution in [-0.2, 0) is 16.0 Å². The smallest absolute Gasteiger partial charge is 0.337 e. The van der Waals surface area contributed by atoms with Crippen molar-refractivity contribution in [3.8, 4) is 11.5 Å². The highest BCUT2D eigenvalue weighted by Gasteiger charge is 2.13. The Morgan fingerprint density at radius 1 is 1.04 bits per heavy atom. The molecule has 144 valence electrons. The van der Waals surface area contributed by atoms with E-state index in [-0.39, 0.29) is 18.6 Å². The van der Waals surface area contributed by atoms with Crippen LogP contribution in [-0.4, -0.2) is 38.7 Å². The van der Waals surface area contributed by atoms with Gasteiger partial charge in [0.2, 0.25) is 0 Å². The average Bonchev–Trinajstić information content (AvgIpc) is 2.70. The first-order valence-corrected chi connectivity index (χ1v) is 8.76. The van der Waals surface area contributed by atoms with Crippen LogP contribution in [0.3, 0.4) is 0 Å². The molecule has 2 aromatic rings. The SMILES string of the molecule is COC(=O)c1ccc(OCC(=O)N[C@@H](C)CCc2ccccc2)c(OC)c1. The lowest BCUT2D eigenvalue weighted by molar-refractivity contribution is -0.123. The molecule has 1 atom stereocenters. The molecule has 1 N–H and O–H groups in total. The number of amides is 1. The second-order valence-electron chi connectivity index (χ2n) is 6.14. The van der Waals surface area contributed by atoms with Crippen molar-refractivity contribution in [2.45, 2.75) is 25.8 Å². The van der Waals surface area contributed by atoms with Gasteiger partial charge in [0.25, 0.3) is 5.91 Å². The molecule has 0 unspecified atom stereocenters. The fourth-order valence-corrected chi connectivity index (χ4v) is 2.59.